The average Bonchev–Trinajstić information content (AvgIpc) is 2.27. The number of benzene rings is 1. The molecule has 0 spiro atoms. The second-order valence-electron chi connectivity index (χ2n) is 3.83. The minimum absolute atomic E-state index is 0.00821. The largest absolute Gasteiger partial charge is 0.293 e. The third kappa shape index (κ3) is 2.70. The molecule has 0 saturated heterocycles. The van der Waals surface area contributed by atoms with Crippen LogP contribution in [0.4, 0.5) is 0 Å². The molecule has 0 aliphatic heterocycles. The van der Waals surface area contributed by atoms with Crippen molar-refractivity contribution < 1.29 is 13.2 Å². The van der Waals surface area contributed by atoms with Crippen molar-refractivity contribution in [2.24, 2.45) is 0 Å². The predicted octanol–water partition coefficient (Wildman–Crippen LogP) is 2.00. The number of aryl methyl sites for hydroxylation is 1. The highest BCUT2D eigenvalue weighted by atomic mass is 32.2. The van der Waals surface area contributed by atoms with Gasteiger partial charge in [0.05, 0.1) is 0 Å². The van der Waals surface area contributed by atoms with Gasteiger partial charge in [0.25, 0.3) is 0 Å². The summed E-state index contributed by atoms with van der Waals surface area (Å²) in [6.45, 7) is 4.87. The fourth-order valence-electron chi connectivity index (χ4n) is 1.45. The van der Waals surface area contributed by atoms with E-state index in [1.165, 1.54) is 6.92 Å². The first-order valence-electron chi connectivity index (χ1n) is 5.21. The number of hydrogen-bond donors (Lipinski definition) is 0. The predicted molar refractivity (Wildman–Crippen MR) is 64.4 cm³/mol. The Hall–Kier alpha value is -1.16. The molecule has 1 rings (SSSR count). The van der Waals surface area contributed by atoms with Crippen LogP contribution in [0.5, 0.6) is 0 Å². The van der Waals surface area contributed by atoms with Crippen molar-refractivity contribution in [3.8, 4) is 0 Å². The van der Waals surface area contributed by atoms with Gasteiger partial charge < -0.3 is 0 Å². The van der Waals surface area contributed by atoms with Crippen molar-refractivity contribution in [3.63, 3.8) is 0 Å². The van der Waals surface area contributed by atoms with Crippen LogP contribution in [0.3, 0.4) is 0 Å². The highest BCUT2D eigenvalue weighted by Gasteiger charge is 2.26. The lowest BCUT2D eigenvalue weighted by Crippen LogP contribution is -2.28. The van der Waals surface area contributed by atoms with Crippen molar-refractivity contribution in [2.75, 3.05) is 5.75 Å². The molecular formula is C12H16O3S. The summed E-state index contributed by atoms with van der Waals surface area (Å²) in [5, 5.41) is -0.959. The molecule has 0 aromatic heterocycles. The molecule has 0 aliphatic carbocycles. The Balaban J connectivity index is 3.04. The number of hydrogen-bond acceptors (Lipinski definition) is 3. The lowest BCUT2D eigenvalue weighted by Gasteiger charge is -2.10. The number of carbonyl (C=O) groups is 1. The number of carbonyl (C=O) groups excluding carboxylic acids is 1. The van der Waals surface area contributed by atoms with Gasteiger partial charge in [-0.1, -0.05) is 30.7 Å². The van der Waals surface area contributed by atoms with E-state index in [1.54, 1.807) is 25.1 Å². The van der Waals surface area contributed by atoms with Gasteiger partial charge in [0.15, 0.2) is 15.6 Å². The number of Topliss-reactive ketones (excluding diaryl/α,β-unsaturated/α-hetero) is 1. The zero-order valence-electron chi connectivity index (χ0n) is 9.73. The van der Waals surface area contributed by atoms with E-state index in [0.29, 0.717) is 5.56 Å². The van der Waals surface area contributed by atoms with Crippen LogP contribution in [0.2, 0.25) is 0 Å². The molecule has 0 heterocycles. The van der Waals surface area contributed by atoms with Gasteiger partial charge >= 0.3 is 0 Å². The first-order valence-corrected chi connectivity index (χ1v) is 6.92. The fraction of sp³-hybridized carbons (Fsp3) is 0.417. The third-order valence-electron chi connectivity index (χ3n) is 2.61. The van der Waals surface area contributed by atoms with Crippen LogP contribution in [-0.2, 0) is 9.84 Å². The van der Waals surface area contributed by atoms with Crippen LogP contribution < -0.4 is 0 Å². The average molecular weight is 240 g/mol. The summed E-state index contributed by atoms with van der Waals surface area (Å²) in [4.78, 5) is 11.9. The van der Waals surface area contributed by atoms with Crippen LogP contribution in [0.1, 0.15) is 29.8 Å². The highest BCUT2D eigenvalue weighted by molar-refractivity contribution is 7.92. The zero-order chi connectivity index (χ0) is 12.3. The molecule has 0 saturated carbocycles. The first-order chi connectivity index (χ1) is 7.38. The Morgan fingerprint density at radius 3 is 2.50 bits per heavy atom. The van der Waals surface area contributed by atoms with E-state index in [0.717, 1.165) is 5.56 Å². The van der Waals surface area contributed by atoms with Crippen molar-refractivity contribution in [3.05, 3.63) is 35.4 Å². The Bertz CT molecular complexity index is 489. The molecule has 0 radical (unpaired) electrons. The molecule has 1 atom stereocenters. The summed E-state index contributed by atoms with van der Waals surface area (Å²) < 4.78 is 23.2. The van der Waals surface area contributed by atoms with E-state index >= 15 is 0 Å². The summed E-state index contributed by atoms with van der Waals surface area (Å²) in [5.74, 6) is -0.336. The van der Waals surface area contributed by atoms with Gasteiger partial charge in [-0.25, -0.2) is 8.42 Å². The molecular weight excluding hydrogens is 224 g/mol. The number of rotatable bonds is 4. The van der Waals surface area contributed by atoms with Crippen molar-refractivity contribution in [1.29, 1.82) is 0 Å². The summed E-state index contributed by atoms with van der Waals surface area (Å²) in [6, 6.07) is 6.99. The molecule has 0 N–H and O–H groups in total. The number of sulfone groups is 1. The van der Waals surface area contributed by atoms with E-state index in [4.69, 9.17) is 0 Å². The van der Waals surface area contributed by atoms with Gasteiger partial charge in [-0.05, 0) is 19.9 Å². The van der Waals surface area contributed by atoms with E-state index in [-0.39, 0.29) is 11.5 Å². The van der Waals surface area contributed by atoms with Crippen LogP contribution in [-0.4, -0.2) is 25.2 Å². The van der Waals surface area contributed by atoms with Crippen LogP contribution in [0.25, 0.3) is 0 Å². The van der Waals surface area contributed by atoms with Crippen LogP contribution in [0, 0.1) is 6.92 Å². The van der Waals surface area contributed by atoms with Crippen LogP contribution >= 0.6 is 0 Å². The van der Waals surface area contributed by atoms with Crippen molar-refractivity contribution in [1.82, 2.24) is 0 Å². The van der Waals surface area contributed by atoms with E-state index < -0.39 is 15.1 Å². The molecule has 16 heavy (non-hydrogen) atoms. The molecule has 0 amide bonds. The molecule has 0 fully saturated rings. The summed E-state index contributed by atoms with van der Waals surface area (Å²) in [5.41, 5.74) is 1.41. The van der Waals surface area contributed by atoms with Gasteiger partial charge in [-0.3, -0.25) is 4.79 Å². The molecule has 88 valence electrons. The fourth-order valence-corrected chi connectivity index (χ4v) is 2.41. The Labute approximate surface area is 96.4 Å². The normalized spacial score (nSPS) is 13.4. The summed E-state index contributed by atoms with van der Waals surface area (Å²) in [6.07, 6.45) is 0. The highest BCUT2D eigenvalue weighted by Crippen LogP contribution is 2.12. The van der Waals surface area contributed by atoms with Crippen LogP contribution in [0.15, 0.2) is 24.3 Å². The van der Waals surface area contributed by atoms with E-state index in [2.05, 4.69) is 0 Å². The van der Waals surface area contributed by atoms with E-state index in [1.807, 2.05) is 13.0 Å². The molecule has 3 nitrogen and oxygen atoms in total. The zero-order valence-corrected chi connectivity index (χ0v) is 10.5. The Morgan fingerprint density at radius 2 is 2.00 bits per heavy atom. The maximum atomic E-state index is 11.9. The SMILES string of the molecule is CCS(=O)(=O)[C@@H](C)C(=O)c1cccc(C)c1. The third-order valence-corrected chi connectivity index (χ3v) is 4.71. The minimum atomic E-state index is -3.31. The van der Waals surface area contributed by atoms with Crippen molar-refractivity contribution in [2.45, 2.75) is 26.0 Å². The van der Waals surface area contributed by atoms with E-state index in [9.17, 15) is 13.2 Å². The maximum absolute atomic E-state index is 11.9. The standard InChI is InChI=1S/C12H16O3S/c1-4-16(14,15)10(3)12(13)11-7-5-6-9(2)8-11/h5-8,10H,4H2,1-3H3/t10-/m0/s1. The topological polar surface area (TPSA) is 51.2 Å². The smallest absolute Gasteiger partial charge is 0.180 e. The molecule has 4 heteroatoms. The minimum Gasteiger partial charge on any atom is -0.293 e. The van der Waals surface area contributed by atoms with Gasteiger partial charge in [0.2, 0.25) is 0 Å². The van der Waals surface area contributed by atoms with Gasteiger partial charge in [0.1, 0.15) is 5.25 Å². The monoisotopic (exact) mass is 240 g/mol. The number of ketones is 1. The maximum Gasteiger partial charge on any atom is 0.180 e. The molecule has 1 aromatic carbocycles. The summed E-state index contributed by atoms with van der Waals surface area (Å²) in [7, 11) is -3.31. The second kappa shape index (κ2) is 4.78. The van der Waals surface area contributed by atoms with Gasteiger partial charge in [-0.15, -0.1) is 0 Å². The quantitative estimate of drug-likeness (QED) is 0.756. The molecule has 0 unspecified atom stereocenters. The van der Waals surface area contributed by atoms with Gasteiger partial charge in [0, 0.05) is 11.3 Å². The first kappa shape index (κ1) is 12.9. The molecule has 0 aliphatic rings. The summed E-state index contributed by atoms with van der Waals surface area (Å²) >= 11 is 0. The Kier molecular flexibility index (Phi) is 3.86. The Morgan fingerprint density at radius 1 is 1.38 bits per heavy atom. The second-order valence-corrected chi connectivity index (χ2v) is 6.44. The molecule has 0 bridgehead atoms. The van der Waals surface area contributed by atoms with Crippen molar-refractivity contribution >= 4 is 15.6 Å². The lowest BCUT2D eigenvalue weighted by molar-refractivity contribution is 0.0991. The van der Waals surface area contributed by atoms with Gasteiger partial charge in [-0.2, -0.15) is 0 Å². The lowest BCUT2D eigenvalue weighted by atomic mass is 10.1. The molecule has 1 aromatic rings.